The summed E-state index contributed by atoms with van der Waals surface area (Å²) in [5, 5.41) is 23.6. The van der Waals surface area contributed by atoms with Gasteiger partial charge in [0.25, 0.3) is 0 Å². The molecule has 0 aliphatic carbocycles. The Morgan fingerprint density at radius 2 is 1.48 bits per heavy atom. The quantitative estimate of drug-likeness (QED) is 0.418. The third kappa shape index (κ3) is 6.93. The second-order valence-electron chi connectivity index (χ2n) is 6.80. The Hall–Kier alpha value is -3.39. The zero-order valence-corrected chi connectivity index (χ0v) is 16.0. The van der Waals surface area contributed by atoms with E-state index in [1.54, 1.807) is 36.4 Å². The van der Waals surface area contributed by atoms with Crippen LogP contribution in [0.3, 0.4) is 0 Å². The van der Waals surface area contributed by atoms with E-state index in [4.69, 9.17) is 5.73 Å². The summed E-state index contributed by atoms with van der Waals surface area (Å²) >= 11 is 0. The number of carboxylic acid groups (broad SMARTS) is 1. The van der Waals surface area contributed by atoms with Gasteiger partial charge in [-0.05, 0) is 36.6 Å². The molecule has 0 aliphatic heterocycles. The van der Waals surface area contributed by atoms with Crippen molar-refractivity contribution < 1.29 is 24.6 Å². The first-order valence-corrected chi connectivity index (χ1v) is 9.17. The molecule has 0 radical (unpaired) electrons. The Kier molecular flexibility index (Phi) is 7.73. The summed E-state index contributed by atoms with van der Waals surface area (Å²) in [7, 11) is 0. The van der Waals surface area contributed by atoms with Gasteiger partial charge >= 0.3 is 5.97 Å². The van der Waals surface area contributed by atoms with Gasteiger partial charge in [0.05, 0.1) is 6.04 Å². The van der Waals surface area contributed by atoms with Crippen LogP contribution >= 0.6 is 0 Å². The number of carboxylic acids is 1. The van der Waals surface area contributed by atoms with Crippen molar-refractivity contribution >= 4 is 17.8 Å². The summed E-state index contributed by atoms with van der Waals surface area (Å²) in [6.45, 7) is 1.46. The van der Waals surface area contributed by atoms with Gasteiger partial charge in [0.15, 0.2) is 0 Å². The highest BCUT2D eigenvalue weighted by Gasteiger charge is 2.25. The van der Waals surface area contributed by atoms with Crippen LogP contribution < -0.4 is 16.4 Å². The smallest absolute Gasteiger partial charge is 0.326 e. The van der Waals surface area contributed by atoms with E-state index in [0.717, 1.165) is 11.1 Å². The molecule has 8 nitrogen and oxygen atoms in total. The minimum Gasteiger partial charge on any atom is -0.508 e. The summed E-state index contributed by atoms with van der Waals surface area (Å²) in [4.78, 5) is 36.1. The second-order valence-corrected chi connectivity index (χ2v) is 6.80. The number of phenolic OH excluding ortho intramolecular Hbond substituents is 1. The minimum absolute atomic E-state index is 0.112. The fourth-order valence-electron chi connectivity index (χ4n) is 2.71. The van der Waals surface area contributed by atoms with Crippen LogP contribution in [0.15, 0.2) is 54.6 Å². The fraction of sp³-hybridized carbons (Fsp3) is 0.286. The molecular weight excluding hydrogens is 374 g/mol. The van der Waals surface area contributed by atoms with E-state index in [-0.39, 0.29) is 18.6 Å². The lowest BCUT2D eigenvalue weighted by molar-refractivity contribution is -0.142. The van der Waals surface area contributed by atoms with Gasteiger partial charge in [-0.2, -0.15) is 0 Å². The van der Waals surface area contributed by atoms with Gasteiger partial charge in [0.2, 0.25) is 11.8 Å². The molecular formula is C21H25N3O5. The Labute approximate surface area is 168 Å². The highest BCUT2D eigenvalue weighted by Crippen LogP contribution is 2.11. The number of benzene rings is 2. The minimum atomic E-state index is -1.16. The molecule has 29 heavy (non-hydrogen) atoms. The number of aliphatic carboxylic acids is 1. The van der Waals surface area contributed by atoms with Gasteiger partial charge in [-0.3, -0.25) is 9.59 Å². The first kappa shape index (κ1) is 21.9. The van der Waals surface area contributed by atoms with Gasteiger partial charge in [-0.15, -0.1) is 0 Å². The standard InChI is InChI=1S/C21H25N3O5/c1-13(23-20(27)17(22)11-15-7-9-16(25)10-8-15)19(26)24-18(21(28)29)12-14-5-3-2-4-6-14/h2-10,13,17-18,25H,11-12,22H2,1H3,(H,23,27)(H,24,26)(H,28,29)/t13-,17-,18-/m0/s1. The first-order valence-electron chi connectivity index (χ1n) is 9.17. The van der Waals surface area contributed by atoms with Crippen LogP contribution in [0.5, 0.6) is 5.75 Å². The lowest BCUT2D eigenvalue weighted by Crippen LogP contribution is -2.54. The third-order valence-corrected chi connectivity index (χ3v) is 4.38. The number of phenols is 1. The summed E-state index contributed by atoms with van der Waals surface area (Å²) in [6, 6.07) is 12.3. The van der Waals surface area contributed by atoms with E-state index >= 15 is 0 Å². The van der Waals surface area contributed by atoms with E-state index in [1.807, 2.05) is 6.07 Å². The molecule has 0 fully saturated rings. The molecule has 8 heteroatoms. The molecule has 6 N–H and O–H groups in total. The van der Waals surface area contributed by atoms with Gasteiger partial charge in [0, 0.05) is 6.42 Å². The molecule has 0 aromatic heterocycles. The molecule has 2 amide bonds. The molecule has 2 rings (SSSR count). The molecule has 0 saturated heterocycles. The highest BCUT2D eigenvalue weighted by molar-refractivity contribution is 5.91. The normalized spacial score (nSPS) is 13.7. The average Bonchev–Trinajstić information content (AvgIpc) is 2.69. The number of amides is 2. The van der Waals surface area contributed by atoms with Crippen LogP contribution in [-0.2, 0) is 27.2 Å². The summed E-state index contributed by atoms with van der Waals surface area (Å²) in [6.07, 6.45) is 0.356. The largest absolute Gasteiger partial charge is 0.508 e. The molecule has 2 aromatic carbocycles. The predicted octanol–water partition coefficient (Wildman–Crippen LogP) is 0.579. The summed E-state index contributed by atoms with van der Waals surface area (Å²) in [5.74, 6) is -2.19. The van der Waals surface area contributed by atoms with Crippen molar-refractivity contribution in [3.63, 3.8) is 0 Å². The van der Waals surface area contributed by atoms with E-state index in [1.165, 1.54) is 19.1 Å². The number of rotatable bonds is 9. The van der Waals surface area contributed by atoms with Crippen LogP contribution in [0.25, 0.3) is 0 Å². The Morgan fingerprint density at radius 1 is 0.897 bits per heavy atom. The van der Waals surface area contributed by atoms with Crippen LogP contribution in [0.1, 0.15) is 18.1 Å². The number of hydrogen-bond donors (Lipinski definition) is 5. The van der Waals surface area contributed by atoms with Gasteiger partial charge in [0.1, 0.15) is 17.8 Å². The fourth-order valence-corrected chi connectivity index (χ4v) is 2.71. The molecule has 2 aromatic rings. The van der Waals surface area contributed by atoms with E-state index in [9.17, 15) is 24.6 Å². The zero-order chi connectivity index (χ0) is 21.4. The molecule has 3 atom stereocenters. The van der Waals surface area contributed by atoms with E-state index in [2.05, 4.69) is 10.6 Å². The van der Waals surface area contributed by atoms with Crippen molar-refractivity contribution in [1.82, 2.24) is 10.6 Å². The maximum absolute atomic E-state index is 12.3. The van der Waals surface area contributed by atoms with Crippen molar-refractivity contribution in [2.45, 2.75) is 37.9 Å². The third-order valence-electron chi connectivity index (χ3n) is 4.38. The number of nitrogens with one attached hydrogen (secondary N) is 2. The number of carbonyl (C=O) groups excluding carboxylic acids is 2. The number of carbonyl (C=O) groups is 3. The Balaban J connectivity index is 1.89. The van der Waals surface area contributed by atoms with Crippen LogP contribution in [0.4, 0.5) is 0 Å². The maximum atomic E-state index is 12.3. The molecule has 0 heterocycles. The lowest BCUT2D eigenvalue weighted by Gasteiger charge is -2.20. The molecule has 0 unspecified atom stereocenters. The maximum Gasteiger partial charge on any atom is 0.326 e. The van der Waals surface area contributed by atoms with E-state index < -0.39 is 35.9 Å². The molecule has 154 valence electrons. The van der Waals surface area contributed by atoms with Crippen molar-refractivity contribution in [3.05, 3.63) is 65.7 Å². The predicted molar refractivity (Wildman–Crippen MR) is 107 cm³/mol. The van der Waals surface area contributed by atoms with Crippen molar-refractivity contribution in [2.24, 2.45) is 5.73 Å². The van der Waals surface area contributed by atoms with Gasteiger partial charge in [-0.1, -0.05) is 42.5 Å². The number of aromatic hydroxyl groups is 1. The van der Waals surface area contributed by atoms with Crippen molar-refractivity contribution in [2.75, 3.05) is 0 Å². The van der Waals surface area contributed by atoms with Gasteiger partial charge < -0.3 is 26.6 Å². The van der Waals surface area contributed by atoms with E-state index in [0.29, 0.717) is 0 Å². The zero-order valence-electron chi connectivity index (χ0n) is 16.0. The van der Waals surface area contributed by atoms with Crippen molar-refractivity contribution in [3.8, 4) is 5.75 Å². The average molecular weight is 399 g/mol. The highest BCUT2D eigenvalue weighted by atomic mass is 16.4. The number of nitrogens with two attached hydrogens (primary N) is 1. The topological polar surface area (TPSA) is 142 Å². The van der Waals surface area contributed by atoms with Crippen LogP contribution in [-0.4, -0.2) is 46.1 Å². The monoisotopic (exact) mass is 399 g/mol. The summed E-state index contributed by atoms with van der Waals surface area (Å²) < 4.78 is 0. The van der Waals surface area contributed by atoms with Crippen LogP contribution in [0, 0.1) is 0 Å². The molecule has 0 bridgehead atoms. The van der Waals surface area contributed by atoms with Crippen molar-refractivity contribution in [1.29, 1.82) is 0 Å². The summed E-state index contributed by atoms with van der Waals surface area (Å²) in [5.41, 5.74) is 7.42. The molecule has 0 saturated carbocycles. The Bertz CT molecular complexity index is 839. The number of hydrogen-bond acceptors (Lipinski definition) is 5. The Morgan fingerprint density at radius 3 is 2.07 bits per heavy atom. The first-order chi connectivity index (χ1) is 13.8. The SMILES string of the molecule is C[C@H](NC(=O)[C@@H](N)Cc1ccc(O)cc1)C(=O)N[C@@H](Cc1ccccc1)C(=O)O. The lowest BCUT2D eigenvalue weighted by atomic mass is 10.0. The van der Waals surface area contributed by atoms with Gasteiger partial charge in [-0.25, -0.2) is 4.79 Å². The molecule has 0 spiro atoms. The van der Waals surface area contributed by atoms with Crippen LogP contribution in [0.2, 0.25) is 0 Å². The molecule has 0 aliphatic rings. The second kappa shape index (κ2) is 10.2.